The molecule has 8 heteroatoms. The highest BCUT2D eigenvalue weighted by Crippen LogP contribution is 2.62. The van der Waals surface area contributed by atoms with Gasteiger partial charge in [-0.15, -0.1) is 0 Å². The molecule has 1 atom stereocenters. The van der Waals surface area contributed by atoms with E-state index in [-0.39, 0.29) is 5.16 Å². The summed E-state index contributed by atoms with van der Waals surface area (Å²) in [6.45, 7) is 9.77. The molecule has 29 heavy (non-hydrogen) atoms. The van der Waals surface area contributed by atoms with Crippen molar-refractivity contribution < 1.29 is 4.74 Å². The molecule has 0 aromatic heterocycles. The summed E-state index contributed by atoms with van der Waals surface area (Å²) >= 11 is 18.1. The van der Waals surface area contributed by atoms with Crippen molar-refractivity contribution >= 4 is 58.7 Å². The van der Waals surface area contributed by atoms with Gasteiger partial charge in [-0.3, -0.25) is 4.67 Å². The first-order valence-corrected chi connectivity index (χ1v) is 12.4. The molecule has 0 aliphatic carbocycles. The highest BCUT2D eigenvalue weighted by Gasteiger charge is 2.42. The number of hydrogen-bond donors (Lipinski definition) is 1. The number of hydrogen-bond acceptors (Lipinski definition) is 2. The second-order valence-electron chi connectivity index (χ2n) is 7.83. The molecule has 1 fully saturated rings. The summed E-state index contributed by atoms with van der Waals surface area (Å²) in [5.74, 6) is 0. The molecule has 2 aromatic rings. The van der Waals surface area contributed by atoms with Crippen molar-refractivity contribution in [3.05, 3.63) is 58.6 Å². The van der Waals surface area contributed by atoms with Crippen LogP contribution in [0.2, 0.25) is 10.0 Å². The quantitative estimate of drug-likeness (QED) is 0.424. The van der Waals surface area contributed by atoms with E-state index in [1.54, 1.807) is 12.1 Å². The first kappa shape index (κ1) is 22.7. The van der Waals surface area contributed by atoms with Gasteiger partial charge in [0, 0.05) is 28.6 Å². The second kappa shape index (κ2) is 9.47. The van der Waals surface area contributed by atoms with Crippen LogP contribution in [0.3, 0.4) is 0 Å². The van der Waals surface area contributed by atoms with Gasteiger partial charge < -0.3 is 10.1 Å². The molecule has 0 radical (unpaired) electrons. The minimum atomic E-state index is -2.22. The van der Waals surface area contributed by atoms with E-state index in [4.69, 9.17) is 44.9 Å². The van der Waals surface area contributed by atoms with Crippen LogP contribution in [0.15, 0.2) is 53.3 Å². The molecule has 0 amide bonds. The van der Waals surface area contributed by atoms with Gasteiger partial charge in [-0.2, -0.15) is 0 Å². The molecule has 2 aromatic carbocycles. The van der Waals surface area contributed by atoms with Gasteiger partial charge in [-0.05, 0) is 30.4 Å². The topological polar surface area (TPSA) is 36.9 Å². The van der Waals surface area contributed by atoms with E-state index in [2.05, 4.69) is 55.0 Å². The van der Waals surface area contributed by atoms with Crippen molar-refractivity contribution in [1.29, 1.82) is 0 Å². The van der Waals surface area contributed by atoms with Gasteiger partial charge in [0.05, 0.1) is 31.1 Å². The Morgan fingerprint density at radius 2 is 1.76 bits per heavy atom. The van der Waals surface area contributed by atoms with Crippen molar-refractivity contribution in [1.82, 2.24) is 4.67 Å². The monoisotopic (exact) mass is 469 g/mol. The molecule has 0 spiro atoms. The summed E-state index contributed by atoms with van der Waals surface area (Å²) in [6.07, 6.45) is 0. The summed E-state index contributed by atoms with van der Waals surface area (Å²) in [5.41, 5.74) is 0.701. The maximum Gasteiger partial charge on any atom is 0.197 e. The van der Waals surface area contributed by atoms with Gasteiger partial charge >= 0.3 is 0 Å². The smallest absolute Gasteiger partial charge is 0.197 e. The molecule has 1 aliphatic heterocycles. The molecule has 0 saturated carbocycles. The molecule has 0 bridgehead atoms. The highest BCUT2D eigenvalue weighted by atomic mass is 35.5. The third-order valence-electron chi connectivity index (χ3n) is 4.86. The molecule has 3 rings (SSSR count). The average molecular weight is 470 g/mol. The molecular weight excluding hydrogens is 444 g/mol. The predicted molar refractivity (Wildman–Crippen MR) is 130 cm³/mol. The number of ether oxygens (including phenoxy) is 1. The Morgan fingerprint density at radius 3 is 2.34 bits per heavy atom. The fourth-order valence-electron chi connectivity index (χ4n) is 3.59. The van der Waals surface area contributed by atoms with Gasteiger partial charge in [0.25, 0.3) is 0 Å². The molecule has 156 valence electrons. The maximum absolute atomic E-state index is 6.33. The molecule has 1 saturated heterocycles. The number of nitrogens with zero attached hydrogens (tertiary/aromatic N) is 2. The largest absolute Gasteiger partial charge is 0.379 e. The standard InChI is InChI=1S/C21H26Cl2N3OPS/c1-21(2,3)28(17-7-5-4-6-8-17,26-11-13-27-14-12-26)25-20(29)24-19-10-9-16(22)15-18(19)23/h4-10,15H,11-14H2,1-3H3,(H,24,29). The van der Waals surface area contributed by atoms with Gasteiger partial charge in [-0.1, -0.05) is 74.3 Å². The molecule has 4 nitrogen and oxygen atoms in total. The number of morpholine rings is 1. The summed E-state index contributed by atoms with van der Waals surface area (Å²) < 4.78 is 13.3. The Labute approximate surface area is 188 Å². The highest BCUT2D eigenvalue weighted by molar-refractivity contribution is 7.82. The van der Waals surface area contributed by atoms with Crippen molar-refractivity contribution in [3.63, 3.8) is 0 Å². The van der Waals surface area contributed by atoms with Crippen molar-refractivity contribution in [2.24, 2.45) is 4.74 Å². The lowest BCUT2D eigenvalue weighted by Crippen LogP contribution is -2.43. The Hall–Kier alpha value is -0.940. The van der Waals surface area contributed by atoms with Gasteiger partial charge in [-0.25, -0.2) is 4.74 Å². The second-order valence-corrected chi connectivity index (χ2v) is 12.9. The number of rotatable bonds is 3. The van der Waals surface area contributed by atoms with Gasteiger partial charge in [0.1, 0.15) is 0 Å². The van der Waals surface area contributed by atoms with Crippen LogP contribution in [0.5, 0.6) is 0 Å². The fraction of sp³-hybridized carbons (Fsp3) is 0.381. The Morgan fingerprint density at radius 1 is 1.10 bits per heavy atom. The zero-order valence-electron chi connectivity index (χ0n) is 16.9. The van der Waals surface area contributed by atoms with Crippen LogP contribution >= 0.6 is 42.6 Å². The van der Waals surface area contributed by atoms with E-state index in [1.165, 1.54) is 5.30 Å². The van der Waals surface area contributed by atoms with E-state index in [1.807, 2.05) is 12.1 Å². The summed E-state index contributed by atoms with van der Waals surface area (Å²) in [5, 5.41) is 5.82. The summed E-state index contributed by atoms with van der Waals surface area (Å²) in [7, 11) is -2.22. The van der Waals surface area contributed by atoms with Crippen molar-refractivity contribution in [2.45, 2.75) is 25.9 Å². The van der Waals surface area contributed by atoms with E-state index in [0.717, 1.165) is 13.1 Å². The number of thiocarbonyl (C=S) groups is 1. The van der Waals surface area contributed by atoms with Crippen LogP contribution < -0.4 is 10.6 Å². The Bertz CT molecular complexity index is 925. The first-order valence-electron chi connectivity index (χ1n) is 9.51. The van der Waals surface area contributed by atoms with Gasteiger partial charge in [0.15, 0.2) is 5.11 Å². The van der Waals surface area contributed by atoms with E-state index < -0.39 is 7.21 Å². The Kier molecular flexibility index (Phi) is 7.42. The zero-order chi connectivity index (χ0) is 21.1. The van der Waals surface area contributed by atoms with E-state index >= 15 is 0 Å². The number of nitrogens with one attached hydrogen (secondary N) is 1. The zero-order valence-corrected chi connectivity index (χ0v) is 20.1. The van der Waals surface area contributed by atoms with Crippen LogP contribution in [-0.4, -0.2) is 41.2 Å². The van der Waals surface area contributed by atoms with Crippen molar-refractivity contribution in [2.75, 3.05) is 31.6 Å². The minimum absolute atomic E-state index is 0.124. The minimum Gasteiger partial charge on any atom is -0.379 e. The number of halogens is 2. The first-order chi connectivity index (χ1) is 13.7. The molecule has 1 aliphatic rings. The lowest BCUT2D eigenvalue weighted by molar-refractivity contribution is 0.0738. The third kappa shape index (κ3) is 5.04. The fourth-order valence-corrected chi connectivity index (χ4v) is 8.64. The van der Waals surface area contributed by atoms with E-state index in [0.29, 0.717) is 34.1 Å². The van der Waals surface area contributed by atoms with Crippen LogP contribution in [-0.2, 0) is 4.74 Å². The van der Waals surface area contributed by atoms with Gasteiger partial charge in [0.2, 0.25) is 0 Å². The number of anilines is 1. The predicted octanol–water partition coefficient (Wildman–Crippen LogP) is 6.26. The summed E-state index contributed by atoms with van der Waals surface area (Å²) in [4.78, 5) is 0. The SMILES string of the molecule is CC(C)(C)P(=NC(=S)Nc1ccc(Cl)cc1Cl)(c1ccccc1)N1CCOCC1. The van der Waals surface area contributed by atoms with Crippen LogP contribution in [0.4, 0.5) is 5.69 Å². The average Bonchev–Trinajstić information content (AvgIpc) is 2.69. The maximum atomic E-state index is 6.33. The molecular formula is C21H26Cl2N3OPS. The normalized spacial score (nSPS) is 17.4. The van der Waals surface area contributed by atoms with E-state index in [9.17, 15) is 0 Å². The lowest BCUT2D eigenvalue weighted by atomic mass is 10.3. The lowest BCUT2D eigenvalue weighted by Gasteiger charge is -2.46. The molecule has 1 unspecified atom stereocenters. The van der Waals surface area contributed by atoms with Crippen LogP contribution in [0.1, 0.15) is 20.8 Å². The summed E-state index contributed by atoms with van der Waals surface area (Å²) in [6, 6.07) is 15.8. The molecule has 1 heterocycles. The van der Waals surface area contributed by atoms with Crippen LogP contribution in [0.25, 0.3) is 0 Å². The van der Waals surface area contributed by atoms with Crippen LogP contribution in [0, 0.1) is 0 Å². The molecule has 1 N–H and O–H groups in total. The van der Waals surface area contributed by atoms with Crippen molar-refractivity contribution in [3.8, 4) is 0 Å². The third-order valence-corrected chi connectivity index (χ3v) is 10.3. The Balaban J connectivity index is 2.11. The number of benzene rings is 2.